The Morgan fingerprint density at radius 1 is 1.10 bits per heavy atom. The average Bonchev–Trinajstić information content (AvgIpc) is 2.74. The minimum absolute atomic E-state index is 0.0544. The molecule has 6 heteroatoms. The number of carbonyl (C=O) groups is 2. The summed E-state index contributed by atoms with van der Waals surface area (Å²) in [6.45, 7) is 7.57. The van der Waals surface area contributed by atoms with Crippen molar-refractivity contribution in [1.82, 2.24) is 4.90 Å². The van der Waals surface area contributed by atoms with Gasteiger partial charge < -0.3 is 19.9 Å². The molecule has 152 valence electrons. The van der Waals surface area contributed by atoms with E-state index in [1.165, 1.54) is 16.8 Å². The number of piperazine rings is 1. The minimum Gasteiger partial charge on any atom is -0.482 e. The van der Waals surface area contributed by atoms with Crippen molar-refractivity contribution in [3.63, 3.8) is 0 Å². The number of nitrogens with one attached hydrogen (secondary N) is 1. The van der Waals surface area contributed by atoms with Crippen molar-refractivity contribution in [1.29, 1.82) is 0 Å². The third-order valence-electron chi connectivity index (χ3n) is 5.85. The van der Waals surface area contributed by atoms with Gasteiger partial charge in [0, 0.05) is 38.3 Å². The summed E-state index contributed by atoms with van der Waals surface area (Å²) in [5, 5.41) is 2.82. The van der Waals surface area contributed by atoms with Gasteiger partial charge in [-0.15, -0.1) is 0 Å². The third-order valence-corrected chi connectivity index (χ3v) is 5.85. The normalized spacial score (nSPS) is 16.1. The van der Waals surface area contributed by atoms with Crippen molar-refractivity contribution in [2.75, 3.05) is 43.0 Å². The molecule has 0 aromatic heterocycles. The number of anilines is 2. The van der Waals surface area contributed by atoms with E-state index < -0.39 is 0 Å². The highest BCUT2D eigenvalue weighted by atomic mass is 16.5. The Morgan fingerprint density at radius 3 is 2.69 bits per heavy atom. The second-order valence-corrected chi connectivity index (χ2v) is 7.75. The van der Waals surface area contributed by atoms with Crippen LogP contribution < -0.4 is 15.0 Å². The molecule has 0 radical (unpaired) electrons. The van der Waals surface area contributed by atoms with Crippen LogP contribution in [0.15, 0.2) is 36.4 Å². The minimum atomic E-state index is -0.146. The molecule has 0 spiro atoms. The summed E-state index contributed by atoms with van der Waals surface area (Å²) >= 11 is 0. The number of fused-ring (bicyclic) bond motifs is 1. The van der Waals surface area contributed by atoms with Crippen molar-refractivity contribution >= 4 is 23.2 Å². The topological polar surface area (TPSA) is 61.9 Å². The fourth-order valence-corrected chi connectivity index (χ4v) is 3.97. The van der Waals surface area contributed by atoms with Gasteiger partial charge >= 0.3 is 0 Å². The molecule has 0 saturated carbocycles. The van der Waals surface area contributed by atoms with Crippen LogP contribution in [-0.2, 0) is 16.0 Å². The molecule has 1 saturated heterocycles. The quantitative estimate of drug-likeness (QED) is 0.868. The summed E-state index contributed by atoms with van der Waals surface area (Å²) in [6, 6.07) is 12.1. The van der Waals surface area contributed by atoms with Gasteiger partial charge in [0.05, 0.1) is 5.69 Å². The number of hydrogen-bond donors (Lipinski definition) is 1. The molecule has 4 rings (SSSR count). The van der Waals surface area contributed by atoms with E-state index in [2.05, 4.69) is 42.3 Å². The largest absolute Gasteiger partial charge is 0.482 e. The number of rotatable bonds is 4. The molecule has 2 heterocycles. The van der Waals surface area contributed by atoms with Crippen molar-refractivity contribution < 1.29 is 14.3 Å². The van der Waals surface area contributed by atoms with Crippen LogP contribution in [0.25, 0.3) is 0 Å². The first-order valence-corrected chi connectivity index (χ1v) is 10.2. The van der Waals surface area contributed by atoms with Gasteiger partial charge in [-0.3, -0.25) is 9.59 Å². The van der Waals surface area contributed by atoms with Gasteiger partial charge in [0.25, 0.3) is 5.91 Å². The van der Waals surface area contributed by atoms with Crippen molar-refractivity contribution in [3.8, 4) is 5.75 Å². The standard InChI is InChI=1S/C23H27N3O3/c1-16-4-3-5-20(17(16)2)25-10-12-26(13-11-25)23(28)9-7-18-6-8-21-19(14-18)24-22(27)15-29-21/h3-6,8,14H,7,9-13,15H2,1-2H3,(H,24,27). The van der Waals surface area contributed by atoms with Crippen LogP contribution in [0, 0.1) is 13.8 Å². The average molecular weight is 393 g/mol. The Hall–Kier alpha value is -3.02. The number of carbonyl (C=O) groups excluding carboxylic acids is 2. The summed E-state index contributed by atoms with van der Waals surface area (Å²) in [7, 11) is 0. The summed E-state index contributed by atoms with van der Waals surface area (Å²) in [6.07, 6.45) is 1.12. The summed E-state index contributed by atoms with van der Waals surface area (Å²) in [5.41, 5.74) is 5.60. The van der Waals surface area contributed by atoms with Crippen LogP contribution in [0.5, 0.6) is 5.75 Å². The predicted molar refractivity (Wildman–Crippen MR) is 114 cm³/mol. The van der Waals surface area contributed by atoms with E-state index in [0.717, 1.165) is 31.7 Å². The van der Waals surface area contributed by atoms with E-state index in [-0.39, 0.29) is 18.4 Å². The molecular formula is C23H27N3O3. The van der Waals surface area contributed by atoms with Crippen molar-refractivity contribution in [2.45, 2.75) is 26.7 Å². The van der Waals surface area contributed by atoms with E-state index in [9.17, 15) is 9.59 Å². The number of amides is 2. The second kappa shape index (κ2) is 8.15. The first kappa shape index (κ1) is 19.3. The highest BCUT2D eigenvalue weighted by Gasteiger charge is 2.22. The number of ether oxygens (including phenoxy) is 1. The lowest BCUT2D eigenvalue weighted by Gasteiger charge is -2.37. The fourth-order valence-electron chi connectivity index (χ4n) is 3.97. The Bertz CT molecular complexity index is 933. The van der Waals surface area contributed by atoms with E-state index >= 15 is 0 Å². The van der Waals surface area contributed by atoms with Gasteiger partial charge in [-0.2, -0.15) is 0 Å². The molecule has 2 aromatic rings. The Labute approximate surface area is 171 Å². The van der Waals surface area contributed by atoms with Crippen molar-refractivity contribution in [3.05, 3.63) is 53.1 Å². The van der Waals surface area contributed by atoms with Crippen LogP contribution >= 0.6 is 0 Å². The molecule has 1 N–H and O–H groups in total. The SMILES string of the molecule is Cc1cccc(N2CCN(C(=O)CCc3ccc4c(c3)NC(=O)CO4)CC2)c1C. The summed E-state index contributed by atoms with van der Waals surface area (Å²) in [4.78, 5) is 28.5. The van der Waals surface area contributed by atoms with Crippen LogP contribution in [0.4, 0.5) is 11.4 Å². The van der Waals surface area contributed by atoms with Gasteiger partial charge in [-0.1, -0.05) is 18.2 Å². The molecule has 2 aromatic carbocycles. The number of aryl methyl sites for hydroxylation is 2. The zero-order chi connectivity index (χ0) is 20.4. The van der Waals surface area contributed by atoms with Gasteiger partial charge in [0.15, 0.2) is 6.61 Å². The van der Waals surface area contributed by atoms with Crippen LogP contribution in [0.1, 0.15) is 23.1 Å². The van der Waals surface area contributed by atoms with E-state index in [1.54, 1.807) is 0 Å². The molecule has 2 amide bonds. The van der Waals surface area contributed by atoms with Crippen LogP contribution in [-0.4, -0.2) is 49.5 Å². The first-order chi connectivity index (χ1) is 14.0. The fraction of sp³-hybridized carbons (Fsp3) is 0.391. The highest BCUT2D eigenvalue weighted by molar-refractivity contribution is 5.95. The number of benzene rings is 2. The second-order valence-electron chi connectivity index (χ2n) is 7.75. The molecule has 0 atom stereocenters. The lowest BCUT2D eigenvalue weighted by atomic mass is 10.1. The lowest BCUT2D eigenvalue weighted by Crippen LogP contribution is -2.49. The van der Waals surface area contributed by atoms with Gasteiger partial charge in [-0.05, 0) is 55.2 Å². The van der Waals surface area contributed by atoms with Gasteiger partial charge in [-0.25, -0.2) is 0 Å². The van der Waals surface area contributed by atoms with Gasteiger partial charge in [0.1, 0.15) is 5.75 Å². The Balaban J connectivity index is 1.31. The molecular weight excluding hydrogens is 366 g/mol. The predicted octanol–water partition coefficient (Wildman–Crippen LogP) is 2.92. The summed E-state index contributed by atoms with van der Waals surface area (Å²) in [5.74, 6) is 0.721. The maximum absolute atomic E-state index is 12.7. The lowest BCUT2D eigenvalue weighted by molar-refractivity contribution is -0.131. The van der Waals surface area contributed by atoms with Crippen LogP contribution in [0.3, 0.4) is 0 Å². The molecule has 0 unspecified atom stereocenters. The highest BCUT2D eigenvalue weighted by Crippen LogP contribution is 2.29. The van der Waals surface area contributed by atoms with Crippen molar-refractivity contribution in [2.24, 2.45) is 0 Å². The first-order valence-electron chi connectivity index (χ1n) is 10.2. The smallest absolute Gasteiger partial charge is 0.262 e. The molecule has 0 bridgehead atoms. The third kappa shape index (κ3) is 4.21. The molecule has 2 aliphatic rings. The molecule has 6 nitrogen and oxygen atoms in total. The van der Waals surface area contributed by atoms with E-state index in [4.69, 9.17) is 4.74 Å². The Morgan fingerprint density at radius 2 is 1.90 bits per heavy atom. The molecule has 1 fully saturated rings. The van der Waals surface area contributed by atoms with Crippen LogP contribution in [0.2, 0.25) is 0 Å². The molecule has 0 aliphatic carbocycles. The maximum atomic E-state index is 12.7. The molecule has 2 aliphatic heterocycles. The zero-order valence-corrected chi connectivity index (χ0v) is 17.0. The molecule has 29 heavy (non-hydrogen) atoms. The number of hydrogen-bond acceptors (Lipinski definition) is 4. The number of nitrogens with zero attached hydrogens (tertiary/aromatic N) is 2. The van der Waals surface area contributed by atoms with Gasteiger partial charge in [0.2, 0.25) is 5.91 Å². The van der Waals surface area contributed by atoms with E-state index in [0.29, 0.717) is 24.3 Å². The zero-order valence-electron chi connectivity index (χ0n) is 17.0. The maximum Gasteiger partial charge on any atom is 0.262 e. The Kier molecular flexibility index (Phi) is 5.43. The monoisotopic (exact) mass is 393 g/mol. The summed E-state index contributed by atoms with van der Waals surface area (Å²) < 4.78 is 5.38. The van der Waals surface area contributed by atoms with E-state index in [1.807, 2.05) is 23.1 Å².